The van der Waals surface area contributed by atoms with Gasteiger partial charge in [0, 0.05) is 0 Å². The van der Waals surface area contributed by atoms with Crippen molar-refractivity contribution in [3.8, 4) is 0 Å². The fourth-order valence-corrected chi connectivity index (χ4v) is 9.45. The van der Waals surface area contributed by atoms with Gasteiger partial charge in [0.05, 0.1) is 57.1 Å². The number of ether oxygens (including phenoxy) is 4. The first kappa shape index (κ1) is 73.4. The Kier molecular flexibility index (Phi) is 45.0. The van der Waals surface area contributed by atoms with Crippen molar-refractivity contribution >= 4 is 81.9 Å². The number of hydrogen-bond acceptors (Lipinski definition) is 14. The number of rotatable bonds is 42. The Labute approximate surface area is 493 Å². The molecule has 0 saturated heterocycles. The minimum absolute atomic E-state index is 0. The molecule has 0 amide bonds. The second-order valence-corrected chi connectivity index (χ2v) is 21.7. The van der Waals surface area contributed by atoms with E-state index in [-0.39, 0.29) is 48.9 Å². The van der Waals surface area contributed by atoms with Crippen LogP contribution < -0.4 is 0 Å². The Hall–Kier alpha value is -3.64. The zero-order valence-corrected chi connectivity index (χ0v) is 50.8. The van der Waals surface area contributed by atoms with Crippen LogP contribution in [0.3, 0.4) is 0 Å². The van der Waals surface area contributed by atoms with Gasteiger partial charge in [0.25, 0.3) is 0 Å². The van der Waals surface area contributed by atoms with Crippen LogP contribution in [-0.2, 0) is 39.2 Å². The van der Waals surface area contributed by atoms with Crippen LogP contribution in [0.1, 0.15) is 275 Å². The number of esters is 4. The average molecular weight is 1140 g/mol. The summed E-state index contributed by atoms with van der Waals surface area (Å²) in [6.45, 7) is 8.73. The molecule has 77 heavy (non-hydrogen) atoms. The van der Waals surface area contributed by atoms with Gasteiger partial charge in [0.2, 0.25) is 0 Å². The number of benzene rings is 2. The molecule has 0 aliphatic carbocycles. The number of unbranched alkanes of at least 4 members (excludes halogenated alkanes) is 28. The van der Waals surface area contributed by atoms with Gasteiger partial charge in [0.15, 0.2) is 0 Å². The fraction of sp³-hybridized carbons (Fsp3) is 0.600. The van der Waals surface area contributed by atoms with E-state index in [1.807, 2.05) is 0 Å². The van der Waals surface area contributed by atoms with Gasteiger partial charge in [-0.25, -0.2) is 36.0 Å². The van der Waals surface area contributed by atoms with E-state index in [0.29, 0.717) is 12.8 Å². The second kappa shape index (κ2) is 47.2. The molecule has 0 fully saturated rings. The van der Waals surface area contributed by atoms with Crippen LogP contribution in [0, 0.1) is 0 Å². The first-order valence-corrected chi connectivity index (χ1v) is 31.1. The normalized spacial score (nSPS) is 11.7. The van der Waals surface area contributed by atoms with Crippen LogP contribution >= 0.6 is 0 Å². The second-order valence-electron chi connectivity index (χ2n) is 19.0. The number of carbonyl (C=O) groups excluding carboxylic acids is 4. The summed E-state index contributed by atoms with van der Waals surface area (Å²) >= 11 is 0. The Morgan fingerprint density at radius 3 is 0.818 bits per heavy atom. The van der Waals surface area contributed by atoms with Crippen molar-refractivity contribution in [2.75, 3.05) is 0 Å². The SMILES string of the molecule is CCCCCCCCC/C=C/OC(=O)c1cccc(S(=O)(=O)[O-])c1C(=O)O/C=C/CCCCCCCCC.CCCCCCCCC/C=C/OC(=O)c1cccc(S(=O)(=O)[O-])c1C(=O)O/C=C/CCCCCCCCC.[Ca+2]. The van der Waals surface area contributed by atoms with Gasteiger partial charge in [-0.3, -0.25) is 0 Å². The molecule has 0 heterocycles. The van der Waals surface area contributed by atoms with Gasteiger partial charge >= 0.3 is 61.6 Å². The van der Waals surface area contributed by atoms with Crippen LogP contribution in [0.2, 0.25) is 0 Å². The molecule has 0 unspecified atom stereocenters. The van der Waals surface area contributed by atoms with Crippen molar-refractivity contribution in [1.29, 1.82) is 0 Å². The molecule has 0 saturated carbocycles. The van der Waals surface area contributed by atoms with E-state index in [2.05, 4.69) is 27.7 Å². The molecule has 0 aromatic heterocycles. The van der Waals surface area contributed by atoms with Gasteiger partial charge in [-0.1, -0.05) is 194 Å². The zero-order valence-electron chi connectivity index (χ0n) is 46.9. The quantitative estimate of drug-likeness (QED) is 0.0151. The van der Waals surface area contributed by atoms with E-state index in [4.69, 9.17) is 18.9 Å². The van der Waals surface area contributed by atoms with Gasteiger partial charge in [-0.15, -0.1) is 0 Å². The third-order valence-corrected chi connectivity index (χ3v) is 14.2. The van der Waals surface area contributed by atoms with Crippen molar-refractivity contribution < 1.29 is 64.1 Å². The minimum atomic E-state index is -5.03. The van der Waals surface area contributed by atoms with Gasteiger partial charge in [-0.2, -0.15) is 0 Å². The van der Waals surface area contributed by atoms with E-state index >= 15 is 0 Å². The smallest absolute Gasteiger partial charge is 0.744 e. The number of hydrogen-bond donors (Lipinski definition) is 0. The van der Waals surface area contributed by atoms with Crippen LogP contribution in [0.15, 0.2) is 95.5 Å². The summed E-state index contributed by atoms with van der Waals surface area (Å²) in [6.07, 6.45) is 46.9. The summed E-state index contributed by atoms with van der Waals surface area (Å²) in [5.41, 5.74) is -1.91. The van der Waals surface area contributed by atoms with Crippen LogP contribution in [0.25, 0.3) is 0 Å². The van der Waals surface area contributed by atoms with Crippen LogP contribution in [-0.4, -0.2) is 87.6 Å². The largest absolute Gasteiger partial charge is 2.00 e. The maximum Gasteiger partial charge on any atom is 2.00 e. The topological polar surface area (TPSA) is 220 Å². The van der Waals surface area contributed by atoms with Crippen molar-refractivity contribution in [1.82, 2.24) is 0 Å². The average Bonchev–Trinajstić information content (AvgIpc) is 3.39. The van der Waals surface area contributed by atoms with Crippen molar-refractivity contribution in [2.24, 2.45) is 0 Å². The summed E-state index contributed by atoms with van der Waals surface area (Å²) in [4.78, 5) is 49.1. The molecule has 0 radical (unpaired) electrons. The third kappa shape index (κ3) is 35.6. The summed E-state index contributed by atoms with van der Waals surface area (Å²) in [5, 5.41) is 0. The van der Waals surface area contributed by atoms with Crippen LogP contribution in [0.5, 0.6) is 0 Å². The molecule has 2 aromatic carbocycles. The molecule has 0 atom stereocenters. The molecule has 428 valence electrons. The molecule has 0 spiro atoms. The van der Waals surface area contributed by atoms with E-state index in [1.54, 1.807) is 24.3 Å². The standard InChI is InChI=1S/2C30H46O7S.Ca/c2*1-3-5-7-9-11-13-15-17-19-24-36-29(31)26-22-21-23-27(38(33,34)35)28(26)30(32)37-25-20-18-16-14-12-10-8-6-4-2;/h2*19-25H,3-18H2,1-2H3,(H,33,34,35);/q;;+2/p-2/b2*24-19+,25-20+;. The van der Waals surface area contributed by atoms with Gasteiger partial charge < -0.3 is 28.1 Å². The molecule has 0 bridgehead atoms. The molecular weight excluding hydrogens is 1050 g/mol. The Morgan fingerprint density at radius 2 is 0.584 bits per heavy atom. The molecule has 0 N–H and O–H groups in total. The molecule has 0 aliphatic rings. The number of carbonyl (C=O) groups is 4. The fourth-order valence-electron chi connectivity index (χ4n) is 8.07. The Balaban J connectivity index is 0.00000148. The molecule has 14 nitrogen and oxygen atoms in total. The van der Waals surface area contributed by atoms with Crippen molar-refractivity contribution in [2.45, 2.75) is 243 Å². The summed E-state index contributed by atoms with van der Waals surface area (Å²) in [5.74, 6) is -4.08. The first-order valence-electron chi connectivity index (χ1n) is 28.3. The monoisotopic (exact) mass is 1140 g/mol. The van der Waals surface area contributed by atoms with Gasteiger partial charge in [-0.05, 0) is 99.9 Å². The predicted octanol–water partition coefficient (Wildman–Crippen LogP) is 16.0. The van der Waals surface area contributed by atoms with E-state index in [9.17, 15) is 45.1 Å². The predicted molar refractivity (Wildman–Crippen MR) is 303 cm³/mol. The zero-order chi connectivity index (χ0) is 56.1. The summed E-state index contributed by atoms with van der Waals surface area (Å²) < 4.78 is 91.0. The molecular formula is C60H90CaO14S2. The Bertz CT molecular complexity index is 2130. The van der Waals surface area contributed by atoms with Crippen molar-refractivity contribution in [3.63, 3.8) is 0 Å². The summed E-state index contributed by atoms with van der Waals surface area (Å²) in [6, 6.07) is 6.87. The molecule has 0 aliphatic heterocycles. The minimum Gasteiger partial charge on any atom is -0.744 e. The molecule has 17 heteroatoms. The molecule has 2 aromatic rings. The molecule has 2 rings (SSSR count). The van der Waals surface area contributed by atoms with Crippen molar-refractivity contribution in [3.05, 3.63) is 108 Å². The first-order chi connectivity index (χ1) is 36.6. The summed E-state index contributed by atoms with van der Waals surface area (Å²) in [7, 11) is -10.1. The van der Waals surface area contributed by atoms with Crippen LogP contribution in [0.4, 0.5) is 0 Å². The van der Waals surface area contributed by atoms with E-state index in [0.717, 1.165) is 89.2 Å². The van der Waals surface area contributed by atoms with E-state index in [1.165, 1.54) is 165 Å². The Morgan fingerprint density at radius 1 is 0.364 bits per heavy atom. The number of allylic oxidation sites excluding steroid dienone is 4. The van der Waals surface area contributed by atoms with E-state index < -0.39 is 65.0 Å². The maximum absolute atomic E-state index is 12.7. The maximum atomic E-state index is 12.7. The third-order valence-electron chi connectivity index (χ3n) is 12.4. The van der Waals surface area contributed by atoms with Gasteiger partial charge in [0.1, 0.15) is 20.2 Å².